The van der Waals surface area contributed by atoms with Crippen LogP contribution in [0.5, 0.6) is 5.75 Å². The molecule has 3 aromatic carbocycles. The quantitative estimate of drug-likeness (QED) is 0.453. The van der Waals surface area contributed by atoms with Gasteiger partial charge in [0.2, 0.25) is 11.8 Å². The van der Waals surface area contributed by atoms with Crippen molar-refractivity contribution >= 4 is 34.5 Å². The second kappa shape index (κ2) is 8.81. The van der Waals surface area contributed by atoms with Crippen molar-refractivity contribution in [3.63, 3.8) is 0 Å². The molecule has 3 N–H and O–H groups in total. The maximum Gasteiger partial charge on any atom is 0.240 e. The maximum atomic E-state index is 12.0. The van der Waals surface area contributed by atoms with Gasteiger partial charge in [0.05, 0.1) is 6.21 Å². The molecule has 0 atom stereocenters. The lowest BCUT2D eigenvalue weighted by Crippen LogP contribution is -2.20. The number of nitrogens with one attached hydrogen (secondary N) is 2. The first-order chi connectivity index (χ1) is 13.5. The Balaban J connectivity index is 1.54. The summed E-state index contributed by atoms with van der Waals surface area (Å²) in [5.41, 5.74) is 4.61. The smallest absolute Gasteiger partial charge is 0.240 e. The summed E-state index contributed by atoms with van der Waals surface area (Å²) in [6.45, 7) is 1.90. The summed E-state index contributed by atoms with van der Waals surface area (Å²) in [5, 5.41) is 18.5. The van der Waals surface area contributed by atoms with E-state index in [0.717, 1.165) is 22.0 Å². The third-order valence-electron chi connectivity index (χ3n) is 4.33. The summed E-state index contributed by atoms with van der Waals surface area (Å²) < 4.78 is 0. The van der Waals surface area contributed by atoms with E-state index in [4.69, 9.17) is 0 Å². The fraction of sp³-hybridized carbons (Fsp3) is 0.136. The number of hydrogen-bond donors (Lipinski definition) is 3. The highest BCUT2D eigenvalue weighted by molar-refractivity contribution is 6.02. The molecule has 0 aliphatic carbocycles. The van der Waals surface area contributed by atoms with Gasteiger partial charge in [-0.25, -0.2) is 5.43 Å². The van der Waals surface area contributed by atoms with Crippen LogP contribution in [0.2, 0.25) is 0 Å². The van der Waals surface area contributed by atoms with E-state index in [0.29, 0.717) is 5.56 Å². The standard InChI is InChI=1S/C22H21N3O3/c1-15-6-2-5-9-19(15)24-21(27)12-13-22(28)25-23-14-18-17-8-4-3-7-16(17)10-11-20(18)26/h2-11,14,26H,12-13H2,1H3,(H,24,27)(H,25,28)/b23-14+. The van der Waals surface area contributed by atoms with Crippen LogP contribution in [0.1, 0.15) is 24.0 Å². The molecule has 0 bridgehead atoms. The van der Waals surface area contributed by atoms with E-state index in [1.807, 2.05) is 61.5 Å². The van der Waals surface area contributed by atoms with E-state index in [9.17, 15) is 14.7 Å². The number of fused-ring (bicyclic) bond motifs is 1. The summed E-state index contributed by atoms with van der Waals surface area (Å²) >= 11 is 0. The molecule has 3 aromatic rings. The van der Waals surface area contributed by atoms with Gasteiger partial charge in [0.1, 0.15) is 5.75 Å². The van der Waals surface area contributed by atoms with E-state index in [2.05, 4.69) is 15.8 Å². The largest absolute Gasteiger partial charge is 0.507 e. The van der Waals surface area contributed by atoms with Crippen molar-refractivity contribution in [1.82, 2.24) is 5.43 Å². The molecule has 0 saturated heterocycles. The Morgan fingerprint density at radius 2 is 1.68 bits per heavy atom. The molecule has 0 aliphatic heterocycles. The van der Waals surface area contributed by atoms with E-state index in [1.165, 1.54) is 6.21 Å². The van der Waals surface area contributed by atoms with Gasteiger partial charge in [0, 0.05) is 24.1 Å². The lowest BCUT2D eigenvalue weighted by Gasteiger charge is -2.07. The van der Waals surface area contributed by atoms with Gasteiger partial charge in [-0.15, -0.1) is 0 Å². The molecule has 6 nitrogen and oxygen atoms in total. The van der Waals surface area contributed by atoms with Crippen LogP contribution < -0.4 is 10.7 Å². The van der Waals surface area contributed by atoms with Crippen molar-refractivity contribution in [1.29, 1.82) is 0 Å². The topological polar surface area (TPSA) is 90.8 Å². The van der Waals surface area contributed by atoms with Gasteiger partial charge in [-0.3, -0.25) is 9.59 Å². The molecule has 0 aromatic heterocycles. The van der Waals surface area contributed by atoms with E-state index >= 15 is 0 Å². The predicted octanol–water partition coefficient (Wildman–Crippen LogP) is 3.72. The second-order valence-electron chi connectivity index (χ2n) is 6.38. The number of hydrazone groups is 1. The zero-order valence-electron chi connectivity index (χ0n) is 15.5. The molecule has 0 fully saturated rings. The number of anilines is 1. The molecule has 2 amide bonds. The Bertz CT molecular complexity index is 1040. The normalized spacial score (nSPS) is 10.9. The van der Waals surface area contributed by atoms with Gasteiger partial charge in [0.15, 0.2) is 0 Å². The molecule has 0 radical (unpaired) electrons. The number of phenols is 1. The molecule has 0 unspecified atom stereocenters. The van der Waals surface area contributed by atoms with Crippen LogP contribution in [0.4, 0.5) is 5.69 Å². The van der Waals surface area contributed by atoms with Crippen molar-refractivity contribution in [3.05, 3.63) is 71.8 Å². The van der Waals surface area contributed by atoms with Crippen molar-refractivity contribution in [2.45, 2.75) is 19.8 Å². The van der Waals surface area contributed by atoms with Crippen molar-refractivity contribution < 1.29 is 14.7 Å². The summed E-state index contributed by atoms with van der Waals surface area (Å²) in [4.78, 5) is 23.9. The molecule has 0 heterocycles. The number of rotatable bonds is 6. The highest BCUT2D eigenvalue weighted by Gasteiger charge is 2.08. The molecular formula is C22H21N3O3. The zero-order valence-corrected chi connectivity index (χ0v) is 15.5. The number of amides is 2. The fourth-order valence-corrected chi connectivity index (χ4v) is 2.80. The minimum absolute atomic E-state index is 0.0105. The number of nitrogens with zero attached hydrogens (tertiary/aromatic N) is 1. The Labute approximate surface area is 162 Å². The van der Waals surface area contributed by atoms with Crippen LogP contribution in [0, 0.1) is 6.92 Å². The molecule has 142 valence electrons. The van der Waals surface area contributed by atoms with Crippen LogP contribution in [-0.4, -0.2) is 23.1 Å². The maximum absolute atomic E-state index is 12.0. The number of phenolic OH excluding ortho intramolecular Hbond substituents is 1. The lowest BCUT2D eigenvalue weighted by molar-refractivity contribution is -0.124. The van der Waals surface area contributed by atoms with Crippen molar-refractivity contribution in [2.24, 2.45) is 5.10 Å². The molecule has 0 spiro atoms. The number of carbonyl (C=O) groups is 2. The number of hydrogen-bond acceptors (Lipinski definition) is 4. The minimum atomic E-state index is -0.379. The van der Waals surface area contributed by atoms with Crippen LogP contribution in [0.3, 0.4) is 0 Å². The summed E-state index contributed by atoms with van der Waals surface area (Å²) in [6.07, 6.45) is 1.47. The molecule has 0 saturated carbocycles. The van der Waals surface area contributed by atoms with Crippen molar-refractivity contribution in [2.75, 3.05) is 5.32 Å². The Morgan fingerprint density at radius 1 is 0.964 bits per heavy atom. The summed E-state index contributed by atoms with van der Waals surface area (Å²) in [7, 11) is 0. The van der Waals surface area contributed by atoms with Crippen LogP contribution in [-0.2, 0) is 9.59 Å². The third-order valence-corrected chi connectivity index (χ3v) is 4.33. The number of carbonyl (C=O) groups excluding carboxylic acids is 2. The average Bonchev–Trinajstić information content (AvgIpc) is 2.70. The predicted molar refractivity (Wildman–Crippen MR) is 110 cm³/mol. The average molecular weight is 375 g/mol. The highest BCUT2D eigenvalue weighted by atomic mass is 16.3. The van der Waals surface area contributed by atoms with Crippen molar-refractivity contribution in [3.8, 4) is 5.75 Å². The minimum Gasteiger partial charge on any atom is -0.507 e. The second-order valence-corrected chi connectivity index (χ2v) is 6.38. The SMILES string of the molecule is Cc1ccccc1NC(=O)CCC(=O)N/N=C/c1c(O)ccc2ccccc12. The van der Waals surface area contributed by atoms with Gasteiger partial charge in [0.25, 0.3) is 0 Å². The monoisotopic (exact) mass is 375 g/mol. The summed E-state index contributed by atoms with van der Waals surface area (Å²) in [6, 6.07) is 18.4. The molecular weight excluding hydrogens is 354 g/mol. The van der Waals surface area contributed by atoms with Crippen LogP contribution in [0.15, 0.2) is 65.8 Å². The first-order valence-electron chi connectivity index (χ1n) is 8.92. The number of benzene rings is 3. The van der Waals surface area contributed by atoms with E-state index in [1.54, 1.807) is 6.07 Å². The molecule has 0 aliphatic rings. The Kier molecular flexibility index (Phi) is 6.01. The van der Waals surface area contributed by atoms with Gasteiger partial charge >= 0.3 is 0 Å². The number of aromatic hydroxyl groups is 1. The molecule has 3 rings (SSSR count). The van der Waals surface area contributed by atoms with E-state index in [-0.39, 0.29) is 30.4 Å². The Morgan fingerprint density at radius 3 is 2.50 bits per heavy atom. The summed E-state index contributed by atoms with van der Waals surface area (Å²) in [5.74, 6) is -0.537. The van der Waals surface area contributed by atoms with Crippen LogP contribution >= 0.6 is 0 Å². The Hall–Kier alpha value is -3.67. The van der Waals surface area contributed by atoms with Gasteiger partial charge in [-0.05, 0) is 35.4 Å². The number of aryl methyl sites for hydroxylation is 1. The zero-order chi connectivity index (χ0) is 19.9. The first kappa shape index (κ1) is 19.1. The molecule has 28 heavy (non-hydrogen) atoms. The van der Waals surface area contributed by atoms with Gasteiger partial charge in [-0.1, -0.05) is 48.5 Å². The van der Waals surface area contributed by atoms with Gasteiger partial charge < -0.3 is 10.4 Å². The number of para-hydroxylation sites is 1. The molecule has 6 heteroatoms. The lowest BCUT2D eigenvalue weighted by atomic mass is 10.0. The third kappa shape index (κ3) is 4.73. The van der Waals surface area contributed by atoms with Crippen LogP contribution in [0.25, 0.3) is 10.8 Å². The fourth-order valence-electron chi connectivity index (χ4n) is 2.80. The van der Waals surface area contributed by atoms with E-state index < -0.39 is 0 Å². The highest BCUT2D eigenvalue weighted by Crippen LogP contribution is 2.25. The first-order valence-corrected chi connectivity index (χ1v) is 8.92. The van der Waals surface area contributed by atoms with Gasteiger partial charge in [-0.2, -0.15) is 5.10 Å².